The number of nitrogens with zero attached hydrogens (tertiary/aromatic N) is 1. The fraction of sp³-hybridized carbons (Fsp3) is 0.389. The van der Waals surface area contributed by atoms with Gasteiger partial charge in [0.05, 0.1) is 0 Å². The van der Waals surface area contributed by atoms with E-state index in [1.807, 2.05) is 11.0 Å². The minimum Gasteiger partial charge on any atom is -0.361 e. The summed E-state index contributed by atoms with van der Waals surface area (Å²) in [5, 5.41) is 1.28. The summed E-state index contributed by atoms with van der Waals surface area (Å²) < 4.78 is 0. The Kier molecular flexibility index (Phi) is 3.06. The molecule has 1 amide bonds. The smallest absolute Gasteiger partial charge is 0.227 e. The highest BCUT2D eigenvalue weighted by Crippen LogP contribution is 2.36. The molecule has 2 heterocycles. The summed E-state index contributed by atoms with van der Waals surface area (Å²) in [5.74, 6) is 0.808. The molecule has 1 fully saturated rings. The molecule has 1 N–H and O–H groups in total. The summed E-state index contributed by atoms with van der Waals surface area (Å²) in [6.07, 6.45) is 9.55. The van der Waals surface area contributed by atoms with Gasteiger partial charge in [-0.2, -0.15) is 0 Å². The number of aromatic amines is 1. The van der Waals surface area contributed by atoms with Gasteiger partial charge in [-0.05, 0) is 37.3 Å². The standard InChI is InChI=1S/C18H20N2O/c21-18-11-13-5-1-4-8-17(13)20(18)10-9-14-12-19-16-7-3-2-6-15(14)16/h2-3,6-8,12-13,19H,1,4-5,9-11H2. The summed E-state index contributed by atoms with van der Waals surface area (Å²) >= 11 is 0. The molecule has 21 heavy (non-hydrogen) atoms. The second-order valence-corrected chi connectivity index (χ2v) is 6.12. The van der Waals surface area contributed by atoms with Gasteiger partial charge < -0.3 is 9.88 Å². The third kappa shape index (κ3) is 2.17. The summed E-state index contributed by atoms with van der Waals surface area (Å²) in [4.78, 5) is 17.6. The van der Waals surface area contributed by atoms with Gasteiger partial charge in [-0.1, -0.05) is 24.3 Å². The number of nitrogens with one attached hydrogen (secondary N) is 1. The third-order valence-electron chi connectivity index (χ3n) is 4.84. The molecule has 1 aliphatic carbocycles. The number of carbonyl (C=O) groups excluding carboxylic acids is 1. The molecule has 3 nitrogen and oxygen atoms in total. The first-order chi connectivity index (χ1) is 10.3. The van der Waals surface area contributed by atoms with Gasteiger partial charge in [0.1, 0.15) is 0 Å². The van der Waals surface area contributed by atoms with Crippen LogP contribution in [0, 0.1) is 5.92 Å². The van der Waals surface area contributed by atoms with Crippen LogP contribution >= 0.6 is 0 Å². The quantitative estimate of drug-likeness (QED) is 0.915. The molecule has 108 valence electrons. The summed E-state index contributed by atoms with van der Waals surface area (Å²) in [6.45, 7) is 0.809. The normalized spacial score (nSPS) is 21.7. The second-order valence-electron chi connectivity index (χ2n) is 6.12. The van der Waals surface area contributed by atoms with Crippen LogP contribution in [0.5, 0.6) is 0 Å². The van der Waals surface area contributed by atoms with Gasteiger partial charge in [-0.25, -0.2) is 0 Å². The van der Waals surface area contributed by atoms with E-state index in [9.17, 15) is 4.79 Å². The first-order valence-electron chi connectivity index (χ1n) is 7.88. The Balaban J connectivity index is 1.54. The van der Waals surface area contributed by atoms with Crippen molar-refractivity contribution < 1.29 is 4.79 Å². The Morgan fingerprint density at radius 2 is 2.19 bits per heavy atom. The minimum atomic E-state index is 0.313. The van der Waals surface area contributed by atoms with Crippen molar-refractivity contribution in [3.8, 4) is 0 Å². The molecular weight excluding hydrogens is 260 g/mol. The predicted molar refractivity (Wildman–Crippen MR) is 83.8 cm³/mol. The van der Waals surface area contributed by atoms with Crippen LogP contribution < -0.4 is 0 Å². The van der Waals surface area contributed by atoms with Crippen LogP contribution in [-0.2, 0) is 11.2 Å². The number of hydrogen-bond acceptors (Lipinski definition) is 1. The van der Waals surface area contributed by atoms with Crippen molar-refractivity contribution in [3.63, 3.8) is 0 Å². The van der Waals surface area contributed by atoms with Crippen molar-refractivity contribution in [1.82, 2.24) is 9.88 Å². The topological polar surface area (TPSA) is 36.1 Å². The lowest BCUT2D eigenvalue weighted by atomic mass is 9.92. The number of benzene rings is 1. The first kappa shape index (κ1) is 12.7. The van der Waals surface area contributed by atoms with Crippen LogP contribution in [0.1, 0.15) is 31.2 Å². The van der Waals surface area contributed by atoms with E-state index in [4.69, 9.17) is 0 Å². The number of amides is 1. The van der Waals surface area contributed by atoms with E-state index < -0.39 is 0 Å². The summed E-state index contributed by atoms with van der Waals surface area (Å²) in [6, 6.07) is 8.36. The fourth-order valence-electron chi connectivity index (χ4n) is 3.76. The lowest BCUT2D eigenvalue weighted by Gasteiger charge is -2.23. The number of carbonyl (C=O) groups is 1. The number of hydrogen-bond donors (Lipinski definition) is 1. The second kappa shape index (κ2) is 5.06. The van der Waals surface area contributed by atoms with E-state index in [1.54, 1.807) is 0 Å². The van der Waals surface area contributed by atoms with E-state index >= 15 is 0 Å². The lowest BCUT2D eigenvalue weighted by molar-refractivity contribution is -0.126. The molecule has 0 spiro atoms. The number of rotatable bonds is 3. The maximum atomic E-state index is 12.2. The molecule has 1 atom stereocenters. The molecule has 3 heteroatoms. The minimum absolute atomic E-state index is 0.313. The number of likely N-dealkylation sites (tertiary alicyclic amines) is 1. The van der Waals surface area contributed by atoms with Crippen molar-refractivity contribution in [2.45, 2.75) is 32.1 Å². The van der Waals surface area contributed by atoms with E-state index in [-0.39, 0.29) is 0 Å². The van der Waals surface area contributed by atoms with Gasteiger partial charge in [0.15, 0.2) is 0 Å². The van der Waals surface area contributed by atoms with Gasteiger partial charge in [0.2, 0.25) is 5.91 Å². The number of allylic oxidation sites excluding steroid dienone is 2. The van der Waals surface area contributed by atoms with Gasteiger partial charge in [0.25, 0.3) is 0 Å². The maximum absolute atomic E-state index is 12.2. The van der Waals surface area contributed by atoms with Crippen molar-refractivity contribution in [2.75, 3.05) is 6.54 Å². The zero-order valence-corrected chi connectivity index (χ0v) is 12.1. The highest BCUT2D eigenvalue weighted by molar-refractivity contribution is 5.84. The number of fused-ring (bicyclic) bond motifs is 2. The number of aromatic nitrogens is 1. The average Bonchev–Trinajstić information content (AvgIpc) is 3.06. The average molecular weight is 280 g/mol. The molecular formula is C18H20N2O. The largest absolute Gasteiger partial charge is 0.361 e. The lowest BCUT2D eigenvalue weighted by Crippen LogP contribution is -2.26. The predicted octanol–water partition coefficient (Wildman–Crippen LogP) is 3.63. The summed E-state index contributed by atoms with van der Waals surface area (Å²) in [5.41, 5.74) is 3.78. The highest BCUT2D eigenvalue weighted by Gasteiger charge is 2.35. The molecule has 2 aliphatic rings. The van der Waals surface area contributed by atoms with E-state index in [0.29, 0.717) is 11.8 Å². The van der Waals surface area contributed by atoms with Crippen LogP contribution in [0.25, 0.3) is 10.9 Å². The summed E-state index contributed by atoms with van der Waals surface area (Å²) in [7, 11) is 0. The Morgan fingerprint density at radius 1 is 1.29 bits per heavy atom. The molecule has 1 aliphatic heterocycles. The molecule has 1 aromatic carbocycles. The van der Waals surface area contributed by atoms with Crippen LogP contribution in [0.3, 0.4) is 0 Å². The molecule has 0 saturated carbocycles. The van der Waals surface area contributed by atoms with Crippen LogP contribution in [0.4, 0.5) is 0 Å². The Morgan fingerprint density at radius 3 is 3.14 bits per heavy atom. The molecule has 1 aromatic heterocycles. The van der Waals surface area contributed by atoms with Gasteiger partial charge in [-0.15, -0.1) is 0 Å². The fourth-order valence-corrected chi connectivity index (χ4v) is 3.76. The number of H-pyrrole nitrogens is 1. The Hall–Kier alpha value is -2.03. The molecule has 4 rings (SSSR count). The van der Waals surface area contributed by atoms with Crippen molar-refractivity contribution >= 4 is 16.8 Å². The Bertz CT molecular complexity index is 713. The van der Waals surface area contributed by atoms with Gasteiger partial charge in [0, 0.05) is 41.7 Å². The third-order valence-corrected chi connectivity index (χ3v) is 4.84. The molecule has 0 radical (unpaired) electrons. The highest BCUT2D eigenvalue weighted by atomic mass is 16.2. The van der Waals surface area contributed by atoms with E-state index in [1.165, 1.54) is 35.0 Å². The van der Waals surface area contributed by atoms with E-state index in [0.717, 1.165) is 25.8 Å². The SMILES string of the molecule is O=C1CC2CCCC=C2N1CCc1c[nH]c2ccccc12. The van der Waals surface area contributed by atoms with Crippen LogP contribution in [0.2, 0.25) is 0 Å². The maximum Gasteiger partial charge on any atom is 0.227 e. The zero-order valence-electron chi connectivity index (χ0n) is 12.1. The van der Waals surface area contributed by atoms with Gasteiger partial charge >= 0.3 is 0 Å². The Labute approximate surface area is 124 Å². The molecule has 1 saturated heterocycles. The van der Waals surface area contributed by atoms with Crippen LogP contribution in [-0.4, -0.2) is 22.3 Å². The monoisotopic (exact) mass is 280 g/mol. The molecule has 2 aromatic rings. The van der Waals surface area contributed by atoms with Crippen LogP contribution in [0.15, 0.2) is 42.2 Å². The molecule has 0 bridgehead atoms. The number of para-hydroxylation sites is 1. The van der Waals surface area contributed by atoms with Gasteiger partial charge in [-0.3, -0.25) is 4.79 Å². The van der Waals surface area contributed by atoms with Crippen molar-refractivity contribution in [2.24, 2.45) is 5.92 Å². The van der Waals surface area contributed by atoms with Crippen molar-refractivity contribution in [3.05, 3.63) is 47.8 Å². The van der Waals surface area contributed by atoms with E-state index in [2.05, 4.69) is 35.5 Å². The first-order valence-corrected chi connectivity index (χ1v) is 7.88. The van der Waals surface area contributed by atoms with Crippen molar-refractivity contribution in [1.29, 1.82) is 0 Å². The zero-order chi connectivity index (χ0) is 14.2. The molecule has 1 unspecified atom stereocenters.